The standard InChI is InChI=1S/C29H28N6/c1-19-11-12-21(18-32-17-20-7-3-2-4-8-20)16-22(15-19)24-14-13-23(30)28(33-24)27(31)29-34-25-9-5-6-10-26(25)35-29/h2-16,19,31-32H,17-18,30H2,1H3,(H,34,35)/t19-/m0/s1. The number of imidazole rings is 1. The predicted octanol–water partition coefficient (Wildman–Crippen LogP) is 5.26. The van der Waals surface area contributed by atoms with Crippen LogP contribution in [0.2, 0.25) is 0 Å². The van der Waals surface area contributed by atoms with Crippen LogP contribution in [0.3, 0.4) is 0 Å². The van der Waals surface area contributed by atoms with Gasteiger partial charge in [-0.05, 0) is 53.0 Å². The summed E-state index contributed by atoms with van der Waals surface area (Å²) >= 11 is 0. The monoisotopic (exact) mass is 460 g/mol. The Morgan fingerprint density at radius 1 is 1.00 bits per heavy atom. The van der Waals surface area contributed by atoms with Crippen LogP contribution in [-0.2, 0) is 6.54 Å². The molecule has 1 aliphatic carbocycles. The molecular weight excluding hydrogens is 432 g/mol. The zero-order valence-electron chi connectivity index (χ0n) is 19.6. The number of anilines is 1. The van der Waals surface area contributed by atoms with Crippen molar-refractivity contribution in [2.24, 2.45) is 5.92 Å². The van der Waals surface area contributed by atoms with E-state index < -0.39 is 0 Å². The summed E-state index contributed by atoms with van der Waals surface area (Å²) in [5.41, 5.74) is 13.2. The molecule has 1 atom stereocenters. The second kappa shape index (κ2) is 9.91. The maximum absolute atomic E-state index is 8.76. The normalized spacial score (nSPS) is 15.5. The second-order valence-electron chi connectivity index (χ2n) is 8.76. The zero-order chi connectivity index (χ0) is 24.2. The number of para-hydroxylation sites is 2. The summed E-state index contributed by atoms with van der Waals surface area (Å²) in [6, 6.07) is 21.8. The van der Waals surface area contributed by atoms with Gasteiger partial charge < -0.3 is 16.0 Å². The number of rotatable bonds is 7. The molecule has 35 heavy (non-hydrogen) atoms. The summed E-state index contributed by atoms with van der Waals surface area (Å²) in [5, 5.41) is 12.3. The van der Waals surface area contributed by atoms with Crippen molar-refractivity contribution in [3.05, 3.63) is 119 Å². The minimum atomic E-state index is 0.176. The van der Waals surface area contributed by atoms with Crippen LogP contribution in [0.15, 0.2) is 96.6 Å². The SMILES string of the molecule is C[C@H]1C=CC(CNCc2ccccc2)=CC(c2ccc(N)c(C(=N)c3nc4ccccc4[nH]3)n2)=C1. The number of H-pyrrole nitrogens is 1. The molecule has 2 aromatic heterocycles. The molecule has 4 aromatic rings. The van der Waals surface area contributed by atoms with Crippen LogP contribution in [0.4, 0.5) is 5.69 Å². The number of aromatic nitrogens is 3. The van der Waals surface area contributed by atoms with E-state index in [4.69, 9.17) is 16.1 Å². The smallest absolute Gasteiger partial charge is 0.158 e. The number of nitrogens with two attached hydrogens (primary N) is 1. The maximum Gasteiger partial charge on any atom is 0.158 e. The average Bonchev–Trinajstić information content (AvgIpc) is 3.22. The van der Waals surface area contributed by atoms with Crippen LogP contribution in [0.5, 0.6) is 0 Å². The van der Waals surface area contributed by atoms with Gasteiger partial charge in [-0.1, -0.05) is 67.6 Å². The summed E-state index contributed by atoms with van der Waals surface area (Å²) in [6.45, 7) is 3.70. The van der Waals surface area contributed by atoms with Crippen molar-refractivity contribution in [3.63, 3.8) is 0 Å². The Kier molecular flexibility index (Phi) is 6.37. The molecule has 0 aliphatic heterocycles. The van der Waals surface area contributed by atoms with Crippen LogP contribution in [0.1, 0.15) is 29.7 Å². The molecule has 1 aliphatic rings. The number of nitrogens with one attached hydrogen (secondary N) is 3. The third kappa shape index (κ3) is 5.13. The first-order valence-corrected chi connectivity index (χ1v) is 11.7. The fraction of sp³-hybridized carbons (Fsp3) is 0.138. The van der Waals surface area contributed by atoms with Crippen molar-refractivity contribution in [1.82, 2.24) is 20.3 Å². The molecule has 0 radical (unpaired) electrons. The van der Waals surface area contributed by atoms with Gasteiger partial charge in [0.25, 0.3) is 0 Å². The van der Waals surface area contributed by atoms with Crippen molar-refractivity contribution in [2.45, 2.75) is 13.5 Å². The molecule has 0 fully saturated rings. The molecule has 174 valence electrons. The zero-order valence-corrected chi connectivity index (χ0v) is 19.6. The Labute approximate surface area is 204 Å². The van der Waals surface area contributed by atoms with E-state index in [0.717, 1.165) is 35.4 Å². The number of pyridine rings is 1. The Morgan fingerprint density at radius 3 is 2.63 bits per heavy atom. The topological polar surface area (TPSA) is 103 Å². The molecule has 0 saturated heterocycles. The molecule has 0 spiro atoms. The van der Waals surface area contributed by atoms with E-state index in [9.17, 15) is 0 Å². The van der Waals surface area contributed by atoms with Gasteiger partial charge in [-0.15, -0.1) is 0 Å². The number of benzene rings is 2. The Hall–Kier alpha value is -4.29. The first kappa shape index (κ1) is 22.5. The van der Waals surface area contributed by atoms with Gasteiger partial charge in [0, 0.05) is 13.1 Å². The predicted molar refractivity (Wildman–Crippen MR) is 143 cm³/mol. The molecule has 2 heterocycles. The van der Waals surface area contributed by atoms with E-state index >= 15 is 0 Å². The van der Waals surface area contributed by atoms with Gasteiger partial charge in [-0.25, -0.2) is 9.97 Å². The first-order valence-electron chi connectivity index (χ1n) is 11.7. The lowest BCUT2D eigenvalue weighted by Gasteiger charge is -2.10. The highest BCUT2D eigenvalue weighted by Gasteiger charge is 2.17. The first-order chi connectivity index (χ1) is 17.1. The molecule has 0 unspecified atom stereocenters. The highest BCUT2D eigenvalue weighted by Crippen LogP contribution is 2.25. The van der Waals surface area contributed by atoms with Crippen molar-refractivity contribution in [1.29, 1.82) is 5.41 Å². The van der Waals surface area contributed by atoms with Gasteiger partial charge in [-0.2, -0.15) is 0 Å². The van der Waals surface area contributed by atoms with Gasteiger partial charge >= 0.3 is 0 Å². The van der Waals surface area contributed by atoms with Crippen LogP contribution in [-0.4, -0.2) is 27.2 Å². The van der Waals surface area contributed by atoms with Gasteiger partial charge in [0.2, 0.25) is 0 Å². The number of nitrogen functional groups attached to an aromatic ring is 1. The lowest BCUT2D eigenvalue weighted by Crippen LogP contribution is -2.16. The Balaban J connectivity index is 1.40. The van der Waals surface area contributed by atoms with Gasteiger partial charge in [0.1, 0.15) is 11.4 Å². The lowest BCUT2D eigenvalue weighted by atomic mass is 10.0. The molecule has 6 nitrogen and oxygen atoms in total. The minimum absolute atomic E-state index is 0.176. The van der Waals surface area contributed by atoms with Gasteiger partial charge in [-0.3, -0.25) is 5.41 Å². The molecule has 0 saturated carbocycles. The number of nitrogens with zero attached hydrogens (tertiary/aromatic N) is 2. The summed E-state index contributed by atoms with van der Waals surface area (Å²) in [5.74, 6) is 0.708. The summed E-state index contributed by atoms with van der Waals surface area (Å²) in [7, 11) is 0. The molecule has 0 amide bonds. The van der Waals surface area contributed by atoms with E-state index in [1.165, 1.54) is 11.1 Å². The third-order valence-electron chi connectivity index (χ3n) is 5.98. The summed E-state index contributed by atoms with van der Waals surface area (Å²) < 4.78 is 0. The van der Waals surface area contributed by atoms with E-state index in [1.54, 1.807) is 0 Å². The lowest BCUT2D eigenvalue weighted by molar-refractivity contribution is 0.747. The van der Waals surface area contributed by atoms with E-state index in [0.29, 0.717) is 17.2 Å². The van der Waals surface area contributed by atoms with Crippen molar-refractivity contribution in [3.8, 4) is 0 Å². The fourth-order valence-electron chi connectivity index (χ4n) is 4.14. The summed E-state index contributed by atoms with van der Waals surface area (Å²) in [4.78, 5) is 12.6. The third-order valence-corrected chi connectivity index (χ3v) is 5.98. The number of hydrogen-bond donors (Lipinski definition) is 4. The maximum atomic E-state index is 8.76. The van der Waals surface area contributed by atoms with E-state index in [-0.39, 0.29) is 11.6 Å². The van der Waals surface area contributed by atoms with Crippen molar-refractivity contribution >= 4 is 28.0 Å². The summed E-state index contributed by atoms with van der Waals surface area (Å²) in [6.07, 6.45) is 8.71. The number of hydrogen-bond acceptors (Lipinski definition) is 5. The molecule has 5 rings (SSSR count). The molecule has 5 N–H and O–H groups in total. The number of fused-ring (bicyclic) bond motifs is 1. The molecule has 6 heteroatoms. The Bertz CT molecular complexity index is 1430. The average molecular weight is 461 g/mol. The largest absolute Gasteiger partial charge is 0.397 e. The molecule has 2 aromatic carbocycles. The van der Waals surface area contributed by atoms with Crippen molar-refractivity contribution in [2.75, 3.05) is 12.3 Å². The highest BCUT2D eigenvalue weighted by molar-refractivity contribution is 6.11. The van der Waals surface area contributed by atoms with Crippen molar-refractivity contribution < 1.29 is 0 Å². The fourth-order valence-corrected chi connectivity index (χ4v) is 4.14. The number of aromatic amines is 1. The quantitative estimate of drug-likeness (QED) is 0.282. The minimum Gasteiger partial charge on any atom is -0.397 e. The number of allylic oxidation sites excluding steroid dienone is 4. The van der Waals surface area contributed by atoms with Crippen LogP contribution >= 0.6 is 0 Å². The second-order valence-corrected chi connectivity index (χ2v) is 8.76. The molecule has 0 bridgehead atoms. The van der Waals surface area contributed by atoms with Gasteiger partial charge in [0.05, 0.1) is 22.4 Å². The van der Waals surface area contributed by atoms with Crippen LogP contribution in [0.25, 0.3) is 16.6 Å². The molecular formula is C29H28N6. The van der Waals surface area contributed by atoms with E-state index in [2.05, 4.69) is 70.8 Å². The van der Waals surface area contributed by atoms with Crippen LogP contribution in [0, 0.1) is 11.3 Å². The van der Waals surface area contributed by atoms with Crippen LogP contribution < -0.4 is 11.1 Å². The van der Waals surface area contributed by atoms with Gasteiger partial charge in [0.15, 0.2) is 5.82 Å². The Morgan fingerprint density at radius 2 is 1.80 bits per heavy atom. The highest BCUT2D eigenvalue weighted by atomic mass is 14.9. The van der Waals surface area contributed by atoms with E-state index in [1.807, 2.05) is 42.5 Å².